The summed E-state index contributed by atoms with van der Waals surface area (Å²) in [5, 5.41) is 9.10. The third-order valence-electron chi connectivity index (χ3n) is 3.46. The minimum atomic E-state index is -0.0165. The summed E-state index contributed by atoms with van der Waals surface area (Å²) >= 11 is 0. The lowest BCUT2D eigenvalue weighted by Crippen LogP contribution is -2.40. The maximum absolute atomic E-state index is 12.4. The zero-order chi connectivity index (χ0) is 12.3. The third-order valence-corrected chi connectivity index (χ3v) is 3.46. The van der Waals surface area contributed by atoms with Crippen molar-refractivity contribution in [1.82, 2.24) is 4.90 Å². The molecule has 1 amide bonds. The monoisotopic (exact) mass is 237 g/mol. The second kappa shape index (κ2) is 5.36. The fourth-order valence-corrected chi connectivity index (χ4v) is 2.54. The Kier molecular flexibility index (Phi) is 3.84. The van der Waals surface area contributed by atoms with Gasteiger partial charge in [0.2, 0.25) is 0 Å². The molecule has 1 aromatic heterocycles. The second-order valence-corrected chi connectivity index (χ2v) is 4.55. The van der Waals surface area contributed by atoms with Crippen molar-refractivity contribution < 1.29 is 14.3 Å². The second-order valence-electron chi connectivity index (χ2n) is 4.55. The largest absolute Gasteiger partial charge is 0.469 e. The molecule has 1 N–H and O–H groups in total. The highest BCUT2D eigenvalue weighted by Gasteiger charge is 2.28. The van der Waals surface area contributed by atoms with E-state index in [1.807, 2.05) is 0 Å². The molecule has 0 aliphatic heterocycles. The van der Waals surface area contributed by atoms with E-state index in [0.717, 1.165) is 12.8 Å². The van der Waals surface area contributed by atoms with E-state index in [4.69, 9.17) is 9.52 Å². The summed E-state index contributed by atoms with van der Waals surface area (Å²) in [6.45, 7) is 2.21. The van der Waals surface area contributed by atoms with E-state index in [2.05, 4.69) is 0 Å². The number of aliphatic hydroxyl groups is 1. The van der Waals surface area contributed by atoms with Crippen LogP contribution in [-0.4, -0.2) is 35.1 Å². The SMILES string of the molecule is Cc1occc1C(=O)N(CCO)C1CCCC1. The topological polar surface area (TPSA) is 53.7 Å². The van der Waals surface area contributed by atoms with Crippen molar-refractivity contribution >= 4 is 5.91 Å². The van der Waals surface area contributed by atoms with Gasteiger partial charge in [0.1, 0.15) is 5.76 Å². The van der Waals surface area contributed by atoms with Crippen LogP contribution in [-0.2, 0) is 0 Å². The summed E-state index contributed by atoms with van der Waals surface area (Å²) in [4.78, 5) is 14.2. The van der Waals surface area contributed by atoms with Gasteiger partial charge in [0, 0.05) is 12.6 Å². The lowest BCUT2D eigenvalue weighted by molar-refractivity contribution is 0.0636. The van der Waals surface area contributed by atoms with Crippen molar-refractivity contribution in [2.45, 2.75) is 38.6 Å². The first kappa shape index (κ1) is 12.2. The molecule has 0 bridgehead atoms. The van der Waals surface area contributed by atoms with Gasteiger partial charge < -0.3 is 14.4 Å². The van der Waals surface area contributed by atoms with Crippen LogP contribution in [0.25, 0.3) is 0 Å². The molecule has 1 aromatic rings. The van der Waals surface area contributed by atoms with E-state index in [-0.39, 0.29) is 18.6 Å². The van der Waals surface area contributed by atoms with Gasteiger partial charge in [-0.25, -0.2) is 0 Å². The van der Waals surface area contributed by atoms with E-state index in [1.165, 1.54) is 19.1 Å². The molecule has 0 radical (unpaired) electrons. The zero-order valence-electron chi connectivity index (χ0n) is 10.2. The summed E-state index contributed by atoms with van der Waals surface area (Å²) in [5.74, 6) is 0.633. The highest BCUT2D eigenvalue weighted by atomic mass is 16.3. The number of rotatable bonds is 4. The average molecular weight is 237 g/mol. The van der Waals surface area contributed by atoms with Gasteiger partial charge in [-0.15, -0.1) is 0 Å². The van der Waals surface area contributed by atoms with Crippen LogP contribution in [0, 0.1) is 6.92 Å². The van der Waals surface area contributed by atoms with Crippen LogP contribution >= 0.6 is 0 Å². The van der Waals surface area contributed by atoms with Gasteiger partial charge in [-0.2, -0.15) is 0 Å². The Morgan fingerprint density at radius 2 is 2.24 bits per heavy atom. The number of carbonyl (C=O) groups excluding carboxylic acids is 1. The summed E-state index contributed by atoms with van der Waals surface area (Å²) in [5.41, 5.74) is 0.616. The Morgan fingerprint density at radius 3 is 2.76 bits per heavy atom. The van der Waals surface area contributed by atoms with E-state index in [9.17, 15) is 4.79 Å². The summed E-state index contributed by atoms with van der Waals surface area (Å²) in [6.07, 6.45) is 5.97. The number of amides is 1. The maximum Gasteiger partial charge on any atom is 0.257 e. The molecule has 0 atom stereocenters. The van der Waals surface area contributed by atoms with Gasteiger partial charge >= 0.3 is 0 Å². The van der Waals surface area contributed by atoms with Crippen molar-refractivity contribution in [3.05, 3.63) is 23.7 Å². The van der Waals surface area contributed by atoms with Gasteiger partial charge in [-0.1, -0.05) is 12.8 Å². The van der Waals surface area contributed by atoms with Crippen molar-refractivity contribution in [3.8, 4) is 0 Å². The highest BCUT2D eigenvalue weighted by molar-refractivity contribution is 5.95. The first-order chi connectivity index (χ1) is 8.24. The van der Waals surface area contributed by atoms with Crippen LogP contribution in [0.2, 0.25) is 0 Å². The molecule has 0 saturated heterocycles. The van der Waals surface area contributed by atoms with Crippen LogP contribution in [0.1, 0.15) is 41.8 Å². The predicted octanol–water partition coefficient (Wildman–Crippen LogP) is 1.97. The number of carbonyl (C=O) groups is 1. The molecule has 1 aliphatic rings. The number of aryl methyl sites for hydroxylation is 1. The van der Waals surface area contributed by atoms with Gasteiger partial charge in [-0.3, -0.25) is 4.79 Å². The molecule has 4 nitrogen and oxygen atoms in total. The number of hydrogen-bond donors (Lipinski definition) is 1. The average Bonchev–Trinajstić information content (AvgIpc) is 2.95. The molecule has 0 unspecified atom stereocenters. The van der Waals surface area contributed by atoms with Crippen molar-refractivity contribution in [1.29, 1.82) is 0 Å². The molecule has 94 valence electrons. The third kappa shape index (κ3) is 2.52. The molecular weight excluding hydrogens is 218 g/mol. The molecule has 4 heteroatoms. The van der Waals surface area contributed by atoms with Crippen LogP contribution in [0.5, 0.6) is 0 Å². The Morgan fingerprint density at radius 1 is 1.53 bits per heavy atom. The predicted molar refractivity (Wildman–Crippen MR) is 63.8 cm³/mol. The molecule has 1 saturated carbocycles. The molecule has 17 heavy (non-hydrogen) atoms. The molecule has 1 fully saturated rings. The van der Waals surface area contributed by atoms with Crippen molar-refractivity contribution in [2.75, 3.05) is 13.2 Å². The van der Waals surface area contributed by atoms with E-state index >= 15 is 0 Å². The van der Waals surface area contributed by atoms with E-state index < -0.39 is 0 Å². The Bertz CT molecular complexity index is 380. The van der Waals surface area contributed by atoms with Crippen molar-refractivity contribution in [3.63, 3.8) is 0 Å². The normalized spacial score (nSPS) is 16.4. The van der Waals surface area contributed by atoms with E-state index in [1.54, 1.807) is 17.9 Å². The molecule has 1 aliphatic carbocycles. The number of hydrogen-bond acceptors (Lipinski definition) is 3. The van der Waals surface area contributed by atoms with Gasteiger partial charge in [0.15, 0.2) is 0 Å². The first-order valence-electron chi connectivity index (χ1n) is 6.20. The van der Waals surface area contributed by atoms with Gasteiger partial charge in [-0.05, 0) is 25.8 Å². The minimum absolute atomic E-state index is 0.0130. The number of furan rings is 1. The lowest BCUT2D eigenvalue weighted by Gasteiger charge is -2.28. The van der Waals surface area contributed by atoms with Crippen LogP contribution < -0.4 is 0 Å². The standard InChI is InChI=1S/C13H19NO3/c1-10-12(6-9-17-10)13(16)14(7-8-15)11-4-2-3-5-11/h6,9,11,15H,2-5,7-8H2,1H3. The highest BCUT2D eigenvalue weighted by Crippen LogP contribution is 2.25. The number of nitrogens with zero attached hydrogens (tertiary/aromatic N) is 1. The van der Waals surface area contributed by atoms with Crippen LogP contribution in [0.3, 0.4) is 0 Å². The van der Waals surface area contributed by atoms with E-state index in [0.29, 0.717) is 17.9 Å². The Labute approximate surface area is 101 Å². The fourth-order valence-electron chi connectivity index (χ4n) is 2.54. The molecular formula is C13H19NO3. The first-order valence-corrected chi connectivity index (χ1v) is 6.20. The van der Waals surface area contributed by atoms with Gasteiger partial charge in [0.05, 0.1) is 18.4 Å². The molecule has 2 rings (SSSR count). The molecule has 0 spiro atoms. The quantitative estimate of drug-likeness (QED) is 0.871. The maximum atomic E-state index is 12.4. The molecule has 1 heterocycles. The number of aliphatic hydroxyl groups excluding tert-OH is 1. The van der Waals surface area contributed by atoms with Crippen molar-refractivity contribution in [2.24, 2.45) is 0 Å². The Balaban J connectivity index is 2.15. The fraction of sp³-hybridized carbons (Fsp3) is 0.615. The minimum Gasteiger partial charge on any atom is -0.469 e. The molecule has 0 aromatic carbocycles. The zero-order valence-corrected chi connectivity index (χ0v) is 10.2. The summed E-state index contributed by atoms with van der Waals surface area (Å²) in [6, 6.07) is 1.99. The summed E-state index contributed by atoms with van der Waals surface area (Å²) < 4.78 is 5.17. The van der Waals surface area contributed by atoms with Crippen LogP contribution in [0.4, 0.5) is 0 Å². The lowest BCUT2D eigenvalue weighted by atomic mass is 10.1. The smallest absolute Gasteiger partial charge is 0.257 e. The van der Waals surface area contributed by atoms with Crippen LogP contribution in [0.15, 0.2) is 16.7 Å². The van der Waals surface area contributed by atoms with Gasteiger partial charge in [0.25, 0.3) is 5.91 Å². The summed E-state index contributed by atoms with van der Waals surface area (Å²) in [7, 11) is 0. The Hall–Kier alpha value is -1.29.